The molecule has 130 valence electrons. The summed E-state index contributed by atoms with van der Waals surface area (Å²) in [6, 6.07) is 7.94. The molecule has 2 amide bonds. The van der Waals surface area contributed by atoms with Crippen molar-refractivity contribution in [3.8, 4) is 0 Å². The molecule has 0 aliphatic rings. The van der Waals surface area contributed by atoms with Crippen molar-refractivity contribution in [1.29, 1.82) is 0 Å². The van der Waals surface area contributed by atoms with Gasteiger partial charge in [-0.15, -0.1) is 5.10 Å². The summed E-state index contributed by atoms with van der Waals surface area (Å²) in [5, 5.41) is 12.3. The zero-order valence-corrected chi connectivity index (χ0v) is 14.5. The maximum Gasteiger partial charge on any atom is 0.335 e. The van der Waals surface area contributed by atoms with E-state index in [-0.39, 0.29) is 11.8 Å². The van der Waals surface area contributed by atoms with Crippen molar-refractivity contribution in [2.75, 3.05) is 11.6 Å². The van der Waals surface area contributed by atoms with Crippen LogP contribution in [-0.4, -0.2) is 30.9 Å². The number of carbonyl (C=O) groups excluding carboxylic acids is 1. The van der Waals surface area contributed by atoms with Gasteiger partial charge in [-0.25, -0.2) is 13.2 Å². The Bertz CT molecular complexity index is 787. The van der Waals surface area contributed by atoms with Gasteiger partial charge in [0.25, 0.3) is 0 Å². The second kappa shape index (κ2) is 7.43. The standard InChI is InChI=1S/C15H20N4O4S/c1-10(2)9-12(13-18-19-15(23-13)24(3,21)22)17-14(20)16-11-7-5-4-6-8-11/h4-8,10,12H,9H2,1-3H3,(H2,16,17,20)/t12-/m0/s1. The smallest absolute Gasteiger partial charge is 0.335 e. The predicted molar refractivity (Wildman–Crippen MR) is 88.2 cm³/mol. The third kappa shape index (κ3) is 5.05. The topological polar surface area (TPSA) is 114 Å². The first-order valence-electron chi connectivity index (χ1n) is 7.41. The third-order valence-corrected chi connectivity index (χ3v) is 3.88. The van der Waals surface area contributed by atoms with Crippen LogP contribution in [0.1, 0.15) is 32.2 Å². The van der Waals surface area contributed by atoms with E-state index in [1.54, 1.807) is 24.3 Å². The van der Waals surface area contributed by atoms with Gasteiger partial charge in [0.05, 0.1) is 0 Å². The van der Waals surface area contributed by atoms with Gasteiger partial charge in [-0.2, -0.15) is 0 Å². The van der Waals surface area contributed by atoms with Gasteiger partial charge >= 0.3 is 11.3 Å². The van der Waals surface area contributed by atoms with Gasteiger partial charge in [0.2, 0.25) is 15.7 Å². The Hall–Kier alpha value is -2.42. The van der Waals surface area contributed by atoms with E-state index < -0.39 is 27.1 Å². The number of amides is 2. The Labute approximate surface area is 140 Å². The van der Waals surface area contributed by atoms with Crippen LogP contribution in [0.3, 0.4) is 0 Å². The minimum absolute atomic E-state index is 0.0623. The van der Waals surface area contributed by atoms with Crippen molar-refractivity contribution in [1.82, 2.24) is 15.5 Å². The fourth-order valence-electron chi connectivity index (χ4n) is 2.05. The van der Waals surface area contributed by atoms with Gasteiger partial charge in [0.1, 0.15) is 6.04 Å². The Balaban J connectivity index is 2.13. The lowest BCUT2D eigenvalue weighted by molar-refractivity contribution is 0.241. The highest BCUT2D eigenvalue weighted by Crippen LogP contribution is 2.22. The molecule has 0 saturated carbocycles. The minimum Gasteiger partial charge on any atom is -0.410 e. The Morgan fingerprint density at radius 1 is 1.21 bits per heavy atom. The fourth-order valence-corrected chi connectivity index (χ4v) is 2.48. The van der Waals surface area contributed by atoms with Crippen LogP contribution in [0.5, 0.6) is 0 Å². The molecule has 24 heavy (non-hydrogen) atoms. The number of benzene rings is 1. The molecular weight excluding hydrogens is 332 g/mol. The molecule has 1 aromatic heterocycles. The van der Waals surface area contributed by atoms with Crippen LogP contribution in [0.4, 0.5) is 10.5 Å². The molecule has 9 heteroatoms. The molecule has 2 N–H and O–H groups in total. The summed E-state index contributed by atoms with van der Waals surface area (Å²) in [6.45, 7) is 3.94. The molecule has 0 radical (unpaired) electrons. The van der Waals surface area contributed by atoms with E-state index in [1.807, 2.05) is 19.9 Å². The first kappa shape index (κ1) is 17.9. The minimum atomic E-state index is -3.59. The number of sulfone groups is 1. The summed E-state index contributed by atoms with van der Waals surface area (Å²) < 4.78 is 28.1. The molecule has 2 rings (SSSR count). The Morgan fingerprint density at radius 3 is 2.42 bits per heavy atom. The van der Waals surface area contributed by atoms with Crippen molar-refractivity contribution in [2.45, 2.75) is 31.5 Å². The van der Waals surface area contributed by atoms with Gasteiger partial charge in [-0.05, 0) is 24.5 Å². The van der Waals surface area contributed by atoms with E-state index in [0.717, 1.165) is 6.26 Å². The molecule has 0 spiro atoms. The van der Waals surface area contributed by atoms with Crippen LogP contribution in [0, 0.1) is 5.92 Å². The average molecular weight is 352 g/mol. The molecule has 2 aromatic rings. The lowest BCUT2D eigenvalue weighted by Gasteiger charge is -2.17. The molecule has 1 atom stereocenters. The summed E-state index contributed by atoms with van der Waals surface area (Å²) >= 11 is 0. The van der Waals surface area contributed by atoms with Crippen LogP contribution in [0.2, 0.25) is 0 Å². The quantitative estimate of drug-likeness (QED) is 0.825. The van der Waals surface area contributed by atoms with Gasteiger partial charge in [0.15, 0.2) is 0 Å². The van der Waals surface area contributed by atoms with Crippen LogP contribution in [0.25, 0.3) is 0 Å². The van der Waals surface area contributed by atoms with Crippen molar-refractivity contribution in [2.24, 2.45) is 5.92 Å². The summed E-state index contributed by atoms with van der Waals surface area (Å²) in [7, 11) is -3.59. The highest BCUT2D eigenvalue weighted by molar-refractivity contribution is 7.90. The number of nitrogens with zero attached hydrogens (tertiary/aromatic N) is 2. The number of rotatable bonds is 6. The van der Waals surface area contributed by atoms with E-state index in [2.05, 4.69) is 20.8 Å². The van der Waals surface area contributed by atoms with E-state index >= 15 is 0 Å². The third-order valence-electron chi connectivity index (χ3n) is 3.08. The zero-order chi connectivity index (χ0) is 17.7. The molecule has 1 heterocycles. The normalized spacial score (nSPS) is 12.8. The molecule has 0 saturated heterocycles. The van der Waals surface area contributed by atoms with E-state index in [4.69, 9.17) is 4.42 Å². The summed E-state index contributed by atoms with van der Waals surface area (Å²) in [6.07, 6.45) is 1.50. The largest absolute Gasteiger partial charge is 0.410 e. The first-order chi connectivity index (χ1) is 11.3. The lowest BCUT2D eigenvalue weighted by atomic mass is 10.0. The molecule has 0 aliphatic carbocycles. The Kier molecular flexibility index (Phi) is 5.55. The average Bonchev–Trinajstić information content (AvgIpc) is 2.97. The predicted octanol–water partition coefficient (Wildman–Crippen LogP) is 2.38. The number of anilines is 1. The molecule has 0 aliphatic heterocycles. The number of nitrogens with one attached hydrogen (secondary N) is 2. The maximum atomic E-state index is 12.2. The summed E-state index contributed by atoms with van der Waals surface area (Å²) in [5.41, 5.74) is 0.639. The maximum absolute atomic E-state index is 12.2. The van der Waals surface area contributed by atoms with Gasteiger partial charge in [0, 0.05) is 11.9 Å². The summed E-state index contributed by atoms with van der Waals surface area (Å²) in [4.78, 5) is 12.2. The van der Waals surface area contributed by atoms with Crippen molar-refractivity contribution >= 4 is 21.6 Å². The van der Waals surface area contributed by atoms with E-state index in [1.165, 1.54) is 0 Å². The number of hydrogen-bond donors (Lipinski definition) is 2. The van der Waals surface area contributed by atoms with Crippen molar-refractivity contribution in [3.05, 3.63) is 36.2 Å². The number of carbonyl (C=O) groups is 1. The highest BCUT2D eigenvalue weighted by Gasteiger charge is 2.25. The zero-order valence-electron chi connectivity index (χ0n) is 13.7. The Morgan fingerprint density at radius 2 is 1.88 bits per heavy atom. The van der Waals surface area contributed by atoms with Crippen molar-refractivity contribution in [3.63, 3.8) is 0 Å². The van der Waals surface area contributed by atoms with Crippen LogP contribution in [0.15, 0.2) is 40.0 Å². The van der Waals surface area contributed by atoms with E-state index in [0.29, 0.717) is 12.1 Å². The molecule has 0 unspecified atom stereocenters. The van der Waals surface area contributed by atoms with Gasteiger partial charge < -0.3 is 15.1 Å². The lowest BCUT2D eigenvalue weighted by Crippen LogP contribution is -2.33. The van der Waals surface area contributed by atoms with Crippen LogP contribution >= 0.6 is 0 Å². The molecule has 1 aromatic carbocycles. The highest BCUT2D eigenvalue weighted by atomic mass is 32.2. The second-order valence-corrected chi connectivity index (χ2v) is 7.72. The van der Waals surface area contributed by atoms with Crippen LogP contribution < -0.4 is 10.6 Å². The molecule has 0 bridgehead atoms. The van der Waals surface area contributed by atoms with Crippen molar-refractivity contribution < 1.29 is 17.6 Å². The number of urea groups is 1. The second-order valence-electron chi connectivity index (χ2n) is 5.82. The fraction of sp³-hybridized carbons (Fsp3) is 0.400. The molecular formula is C15H20N4O4S. The monoisotopic (exact) mass is 352 g/mol. The first-order valence-corrected chi connectivity index (χ1v) is 9.31. The summed E-state index contributed by atoms with van der Waals surface area (Å²) in [5.74, 6) is 0.285. The van der Waals surface area contributed by atoms with Gasteiger partial charge in [-0.3, -0.25) is 0 Å². The number of hydrogen-bond acceptors (Lipinski definition) is 6. The number of aromatic nitrogens is 2. The van der Waals surface area contributed by atoms with E-state index in [9.17, 15) is 13.2 Å². The SMILES string of the molecule is CC(C)C[C@H](NC(=O)Nc1ccccc1)c1nnc(S(C)(=O)=O)o1. The van der Waals surface area contributed by atoms with Gasteiger partial charge in [-0.1, -0.05) is 37.1 Å². The molecule has 0 fully saturated rings. The number of para-hydroxylation sites is 1. The van der Waals surface area contributed by atoms with Crippen LogP contribution in [-0.2, 0) is 9.84 Å². The molecule has 8 nitrogen and oxygen atoms in total.